The van der Waals surface area contributed by atoms with Crippen LogP contribution in [0.15, 0.2) is 145 Å². The predicted octanol–water partition coefficient (Wildman–Crippen LogP) is 13.0. The molecule has 3 atom stereocenters. The van der Waals surface area contributed by atoms with Gasteiger partial charge in [-0.1, -0.05) is 109 Å². The van der Waals surface area contributed by atoms with Crippen molar-refractivity contribution >= 4 is 49.2 Å². The molecular formula is C48H40N2. The molecule has 0 saturated heterocycles. The highest BCUT2D eigenvalue weighted by Gasteiger charge is 2.35. The van der Waals surface area contributed by atoms with Gasteiger partial charge in [-0.3, -0.25) is 0 Å². The van der Waals surface area contributed by atoms with Crippen molar-refractivity contribution in [3.63, 3.8) is 0 Å². The summed E-state index contributed by atoms with van der Waals surface area (Å²) in [4.78, 5) is 0. The second-order valence-electron chi connectivity index (χ2n) is 14.9. The van der Waals surface area contributed by atoms with E-state index in [2.05, 4.69) is 149 Å². The molecule has 0 bridgehead atoms. The topological polar surface area (TPSA) is 9.86 Å². The Labute approximate surface area is 293 Å². The molecule has 242 valence electrons. The van der Waals surface area contributed by atoms with Crippen LogP contribution in [0.2, 0.25) is 0 Å². The number of aromatic nitrogens is 2. The second-order valence-corrected chi connectivity index (χ2v) is 14.9. The molecule has 4 aliphatic rings. The van der Waals surface area contributed by atoms with Crippen LogP contribution < -0.4 is 0 Å². The number of hydrogen-bond acceptors (Lipinski definition) is 0. The molecule has 0 saturated carbocycles. The maximum atomic E-state index is 2.63. The highest BCUT2D eigenvalue weighted by atomic mass is 15.0. The highest BCUT2D eigenvalue weighted by Crippen LogP contribution is 2.51. The Bertz CT molecular complexity index is 2650. The summed E-state index contributed by atoms with van der Waals surface area (Å²) in [6.45, 7) is 0. The molecule has 2 aromatic heterocycles. The van der Waals surface area contributed by atoms with Crippen molar-refractivity contribution < 1.29 is 0 Å². The minimum Gasteiger partial charge on any atom is -0.337 e. The first-order valence-corrected chi connectivity index (χ1v) is 18.7. The van der Waals surface area contributed by atoms with Crippen molar-refractivity contribution in [3.05, 3.63) is 156 Å². The van der Waals surface area contributed by atoms with Gasteiger partial charge in [0.2, 0.25) is 0 Å². The van der Waals surface area contributed by atoms with E-state index in [1.165, 1.54) is 104 Å². The average Bonchev–Trinajstić information content (AvgIpc) is 3.70. The lowest BCUT2D eigenvalue weighted by Crippen LogP contribution is -2.23. The highest BCUT2D eigenvalue weighted by molar-refractivity contribution is 6.11. The number of para-hydroxylation sites is 2. The minimum absolute atomic E-state index is 0.411. The monoisotopic (exact) mass is 644 g/mol. The lowest BCUT2D eigenvalue weighted by atomic mass is 9.66. The number of rotatable bonds is 3. The number of hydrogen-bond donors (Lipinski definition) is 0. The van der Waals surface area contributed by atoms with Gasteiger partial charge in [-0.25, -0.2) is 0 Å². The van der Waals surface area contributed by atoms with Crippen LogP contribution in [0.4, 0.5) is 0 Å². The van der Waals surface area contributed by atoms with Gasteiger partial charge in [0, 0.05) is 56.1 Å². The molecule has 0 spiro atoms. The third kappa shape index (κ3) is 4.14. The molecule has 2 nitrogen and oxygen atoms in total. The summed E-state index contributed by atoms with van der Waals surface area (Å²) in [6, 6.07) is 40.1. The largest absolute Gasteiger partial charge is 0.337 e. The van der Waals surface area contributed by atoms with E-state index in [1.54, 1.807) is 11.1 Å². The Morgan fingerprint density at radius 3 is 2.08 bits per heavy atom. The zero-order valence-corrected chi connectivity index (χ0v) is 28.4. The lowest BCUT2D eigenvalue weighted by Gasteiger charge is -2.38. The smallest absolute Gasteiger partial charge is 0.0547 e. The van der Waals surface area contributed by atoms with Crippen LogP contribution in [-0.4, -0.2) is 9.13 Å². The first-order chi connectivity index (χ1) is 24.8. The predicted molar refractivity (Wildman–Crippen MR) is 211 cm³/mol. The van der Waals surface area contributed by atoms with E-state index in [4.69, 9.17) is 0 Å². The molecule has 11 rings (SSSR count). The molecule has 3 unspecified atom stereocenters. The van der Waals surface area contributed by atoms with Crippen molar-refractivity contribution in [1.29, 1.82) is 0 Å². The third-order valence-corrected chi connectivity index (χ3v) is 12.4. The van der Waals surface area contributed by atoms with Crippen molar-refractivity contribution in [2.75, 3.05) is 0 Å². The SMILES string of the molecule is C1=CC2C3=C(CCCC3)c3ccc(-n4c5ccccc5c5ccc(-c6ccc7c8ccccc8n(C8CC=CCC8)c7c6)cc54)cc3C2C=C1. The first-order valence-electron chi connectivity index (χ1n) is 18.7. The summed E-state index contributed by atoms with van der Waals surface area (Å²) in [5.74, 6) is 0.909. The van der Waals surface area contributed by atoms with E-state index in [1.807, 2.05) is 0 Å². The number of fused-ring (bicyclic) bond motifs is 11. The summed E-state index contributed by atoms with van der Waals surface area (Å²) in [5.41, 5.74) is 15.3. The Kier molecular flexibility index (Phi) is 6.32. The minimum atomic E-state index is 0.411. The van der Waals surface area contributed by atoms with Crippen LogP contribution in [0.3, 0.4) is 0 Å². The first kappa shape index (κ1) is 28.5. The maximum absolute atomic E-state index is 2.63. The quantitative estimate of drug-likeness (QED) is 0.169. The summed E-state index contributed by atoms with van der Waals surface area (Å²) >= 11 is 0. The lowest BCUT2D eigenvalue weighted by molar-refractivity contribution is 0.485. The second kappa shape index (κ2) is 11.1. The molecule has 0 radical (unpaired) electrons. The van der Waals surface area contributed by atoms with Crippen LogP contribution >= 0.6 is 0 Å². The standard InChI is InChI=1S/C48H40N2/c1-2-12-33(13-3-1)49-45-20-10-8-18-40(45)42-25-22-31(28-47(42)49)32-23-26-43-41-19-9-11-21-46(41)50(48(43)29-32)34-24-27-39-37-16-5-4-14-35(37)36-15-6-7-17-38(36)44(39)30-34/h1-2,6-11,15,17-30,33,36,38H,3-5,12-14,16H2. The zero-order chi connectivity index (χ0) is 32.8. The summed E-state index contributed by atoms with van der Waals surface area (Å²) < 4.78 is 5.16. The van der Waals surface area contributed by atoms with E-state index >= 15 is 0 Å². The Morgan fingerprint density at radius 2 is 1.26 bits per heavy atom. The number of allylic oxidation sites excluding steroid dienone is 8. The Hall–Kier alpha value is -5.34. The summed E-state index contributed by atoms with van der Waals surface area (Å²) in [5, 5.41) is 5.32. The van der Waals surface area contributed by atoms with Crippen LogP contribution in [0.1, 0.15) is 68.0 Å². The van der Waals surface area contributed by atoms with Gasteiger partial charge in [-0.15, -0.1) is 0 Å². The van der Waals surface area contributed by atoms with Gasteiger partial charge in [0.25, 0.3) is 0 Å². The van der Waals surface area contributed by atoms with Crippen molar-refractivity contribution in [2.24, 2.45) is 5.92 Å². The van der Waals surface area contributed by atoms with E-state index < -0.39 is 0 Å². The van der Waals surface area contributed by atoms with Gasteiger partial charge in [0.15, 0.2) is 0 Å². The number of benzene rings is 5. The van der Waals surface area contributed by atoms with E-state index in [9.17, 15) is 0 Å². The van der Waals surface area contributed by atoms with Gasteiger partial charge < -0.3 is 9.13 Å². The molecule has 0 N–H and O–H groups in total. The summed E-state index contributed by atoms with van der Waals surface area (Å²) in [6.07, 6.45) is 22.7. The fourth-order valence-electron chi connectivity index (χ4n) is 10.1. The summed E-state index contributed by atoms with van der Waals surface area (Å²) in [7, 11) is 0. The van der Waals surface area contributed by atoms with Crippen molar-refractivity contribution in [2.45, 2.75) is 56.9 Å². The normalized spacial score (nSPS) is 21.3. The molecule has 0 fully saturated rings. The molecule has 0 aliphatic heterocycles. The molecule has 2 heterocycles. The molecule has 7 aromatic rings. The van der Waals surface area contributed by atoms with E-state index in [-0.39, 0.29) is 0 Å². The maximum Gasteiger partial charge on any atom is 0.0547 e. The number of nitrogens with zero attached hydrogens (tertiary/aromatic N) is 2. The van der Waals surface area contributed by atoms with Gasteiger partial charge in [0.05, 0.1) is 11.0 Å². The van der Waals surface area contributed by atoms with Crippen LogP contribution in [0, 0.1) is 5.92 Å². The molecule has 50 heavy (non-hydrogen) atoms. The average molecular weight is 645 g/mol. The van der Waals surface area contributed by atoms with Gasteiger partial charge in [-0.05, 0) is 109 Å². The Balaban J connectivity index is 1.10. The van der Waals surface area contributed by atoms with Gasteiger partial charge in [-0.2, -0.15) is 0 Å². The van der Waals surface area contributed by atoms with E-state index in [0.717, 1.165) is 12.8 Å². The van der Waals surface area contributed by atoms with Crippen molar-refractivity contribution in [1.82, 2.24) is 9.13 Å². The molecule has 5 aromatic carbocycles. The molecule has 4 aliphatic carbocycles. The zero-order valence-electron chi connectivity index (χ0n) is 28.4. The van der Waals surface area contributed by atoms with Crippen molar-refractivity contribution in [3.8, 4) is 16.8 Å². The molecule has 0 amide bonds. The molecular weight excluding hydrogens is 605 g/mol. The van der Waals surface area contributed by atoms with Gasteiger partial charge in [0.1, 0.15) is 0 Å². The van der Waals surface area contributed by atoms with Gasteiger partial charge >= 0.3 is 0 Å². The Morgan fingerprint density at radius 1 is 0.560 bits per heavy atom. The van der Waals surface area contributed by atoms with Crippen LogP contribution in [0.5, 0.6) is 0 Å². The van der Waals surface area contributed by atoms with Crippen LogP contribution in [-0.2, 0) is 0 Å². The molecule has 2 heteroatoms. The fraction of sp³-hybridized carbons (Fsp3) is 0.208. The van der Waals surface area contributed by atoms with Crippen LogP contribution in [0.25, 0.3) is 66.0 Å². The third-order valence-electron chi connectivity index (χ3n) is 12.4. The van der Waals surface area contributed by atoms with E-state index in [0.29, 0.717) is 17.9 Å². The fourth-order valence-corrected chi connectivity index (χ4v) is 10.1.